The van der Waals surface area contributed by atoms with Crippen molar-refractivity contribution in [2.45, 2.75) is 19.1 Å². The number of carbonyl (C=O) groups excluding carboxylic acids is 1. The number of hydrogen-bond acceptors (Lipinski definition) is 2. The average Bonchev–Trinajstić information content (AvgIpc) is 2.50. The number of rotatable bonds is 2. The van der Waals surface area contributed by atoms with Crippen LogP contribution in [0.2, 0.25) is 0 Å². The quantitative estimate of drug-likeness (QED) is 0.551. The van der Waals surface area contributed by atoms with Gasteiger partial charge in [0.25, 0.3) is 0 Å². The molecule has 1 aliphatic heterocycles. The number of nitrogens with zero attached hydrogens (tertiary/aromatic N) is 1. The van der Waals surface area contributed by atoms with E-state index in [0.717, 1.165) is 19.4 Å². The standard InChI is InChI=1S/C8H13NO2/c1-3-7(10)9-6-4-5-8(9)11-2/h3,8H,1,4-6H2,2H3. The molecule has 1 amide bonds. The van der Waals surface area contributed by atoms with Gasteiger partial charge in [-0.2, -0.15) is 0 Å². The van der Waals surface area contributed by atoms with Crippen LogP contribution in [-0.2, 0) is 9.53 Å². The SMILES string of the molecule is C=CC(=O)N1CCCC1OC. The average molecular weight is 155 g/mol. The number of methoxy groups -OCH3 is 1. The van der Waals surface area contributed by atoms with E-state index in [2.05, 4.69) is 6.58 Å². The first-order valence-electron chi connectivity index (χ1n) is 3.75. The van der Waals surface area contributed by atoms with Crippen LogP contribution in [0.3, 0.4) is 0 Å². The van der Waals surface area contributed by atoms with Gasteiger partial charge in [0.15, 0.2) is 0 Å². The molecule has 0 aromatic carbocycles. The lowest BCUT2D eigenvalue weighted by Gasteiger charge is -2.21. The van der Waals surface area contributed by atoms with Crippen molar-refractivity contribution < 1.29 is 9.53 Å². The molecule has 0 radical (unpaired) electrons. The van der Waals surface area contributed by atoms with Crippen molar-refractivity contribution in [1.82, 2.24) is 4.90 Å². The van der Waals surface area contributed by atoms with Crippen molar-refractivity contribution in [3.63, 3.8) is 0 Å². The van der Waals surface area contributed by atoms with Gasteiger partial charge in [0.05, 0.1) is 0 Å². The molecule has 1 aliphatic rings. The molecule has 1 unspecified atom stereocenters. The van der Waals surface area contributed by atoms with Crippen LogP contribution in [0.4, 0.5) is 0 Å². The minimum Gasteiger partial charge on any atom is -0.362 e. The highest BCUT2D eigenvalue weighted by Crippen LogP contribution is 2.17. The smallest absolute Gasteiger partial charge is 0.247 e. The van der Waals surface area contributed by atoms with Gasteiger partial charge in [0, 0.05) is 13.7 Å². The minimum absolute atomic E-state index is 0.0273. The molecule has 1 heterocycles. The van der Waals surface area contributed by atoms with Crippen LogP contribution < -0.4 is 0 Å². The fourth-order valence-corrected chi connectivity index (χ4v) is 1.35. The lowest BCUT2D eigenvalue weighted by Crippen LogP contribution is -2.35. The first kappa shape index (κ1) is 8.27. The van der Waals surface area contributed by atoms with E-state index in [-0.39, 0.29) is 12.1 Å². The summed E-state index contributed by atoms with van der Waals surface area (Å²) in [6.07, 6.45) is 3.27. The van der Waals surface area contributed by atoms with Crippen LogP contribution in [0.5, 0.6) is 0 Å². The molecular formula is C8H13NO2. The summed E-state index contributed by atoms with van der Waals surface area (Å²) in [7, 11) is 1.62. The Balaban J connectivity index is 2.55. The number of ether oxygens (including phenoxy) is 1. The zero-order chi connectivity index (χ0) is 8.27. The van der Waals surface area contributed by atoms with E-state index in [4.69, 9.17) is 4.74 Å². The predicted octanol–water partition coefficient (Wildman–Crippen LogP) is 0.767. The molecule has 0 N–H and O–H groups in total. The highest BCUT2D eigenvalue weighted by atomic mass is 16.5. The van der Waals surface area contributed by atoms with Crippen LogP contribution >= 0.6 is 0 Å². The predicted molar refractivity (Wildman–Crippen MR) is 41.9 cm³/mol. The third kappa shape index (κ3) is 1.60. The van der Waals surface area contributed by atoms with Gasteiger partial charge in [-0.25, -0.2) is 0 Å². The van der Waals surface area contributed by atoms with Gasteiger partial charge in [0.1, 0.15) is 6.23 Å². The Labute approximate surface area is 66.6 Å². The molecular weight excluding hydrogens is 142 g/mol. The van der Waals surface area contributed by atoms with Crippen molar-refractivity contribution in [3.05, 3.63) is 12.7 Å². The molecule has 0 saturated carbocycles. The molecule has 1 saturated heterocycles. The largest absolute Gasteiger partial charge is 0.362 e. The summed E-state index contributed by atoms with van der Waals surface area (Å²) in [5.74, 6) is -0.0330. The minimum atomic E-state index is -0.0330. The molecule has 3 heteroatoms. The lowest BCUT2D eigenvalue weighted by molar-refractivity contribution is -0.134. The zero-order valence-electron chi connectivity index (χ0n) is 6.75. The Hall–Kier alpha value is -0.830. The van der Waals surface area contributed by atoms with Gasteiger partial charge in [0.2, 0.25) is 5.91 Å². The summed E-state index contributed by atoms with van der Waals surface area (Å²) in [6.45, 7) is 4.22. The van der Waals surface area contributed by atoms with Gasteiger partial charge in [-0.1, -0.05) is 6.58 Å². The van der Waals surface area contributed by atoms with E-state index in [1.54, 1.807) is 12.0 Å². The molecule has 1 fully saturated rings. The monoisotopic (exact) mass is 155 g/mol. The van der Waals surface area contributed by atoms with Gasteiger partial charge < -0.3 is 9.64 Å². The van der Waals surface area contributed by atoms with Crippen LogP contribution in [0, 0.1) is 0 Å². The van der Waals surface area contributed by atoms with Crippen LogP contribution in [0.15, 0.2) is 12.7 Å². The number of hydrogen-bond donors (Lipinski definition) is 0. The van der Waals surface area contributed by atoms with Gasteiger partial charge >= 0.3 is 0 Å². The van der Waals surface area contributed by atoms with Crippen LogP contribution in [0.1, 0.15) is 12.8 Å². The zero-order valence-corrected chi connectivity index (χ0v) is 6.75. The summed E-state index contributed by atoms with van der Waals surface area (Å²) < 4.78 is 5.10. The molecule has 3 nitrogen and oxygen atoms in total. The molecule has 0 aliphatic carbocycles. The normalized spacial score (nSPS) is 23.7. The summed E-state index contributed by atoms with van der Waals surface area (Å²) in [5, 5.41) is 0. The van der Waals surface area contributed by atoms with Gasteiger partial charge in [-0.3, -0.25) is 4.79 Å². The summed E-state index contributed by atoms with van der Waals surface area (Å²) in [5.41, 5.74) is 0. The van der Waals surface area contributed by atoms with E-state index in [1.165, 1.54) is 6.08 Å². The molecule has 11 heavy (non-hydrogen) atoms. The van der Waals surface area contributed by atoms with E-state index >= 15 is 0 Å². The molecule has 62 valence electrons. The van der Waals surface area contributed by atoms with E-state index in [0.29, 0.717) is 0 Å². The summed E-state index contributed by atoms with van der Waals surface area (Å²) in [6, 6.07) is 0. The van der Waals surface area contributed by atoms with Crippen molar-refractivity contribution in [1.29, 1.82) is 0 Å². The molecule has 0 aromatic rings. The van der Waals surface area contributed by atoms with Crippen molar-refractivity contribution >= 4 is 5.91 Å². The number of amides is 1. The molecule has 0 aromatic heterocycles. The topological polar surface area (TPSA) is 29.5 Å². The van der Waals surface area contributed by atoms with Crippen LogP contribution in [-0.4, -0.2) is 30.7 Å². The first-order chi connectivity index (χ1) is 5.29. The third-order valence-corrected chi connectivity index (χ3v) is 1.93. The fourth-order valence-electron chi connectivity index (χ4n) is 1.35. The second-order valence-electron chi connectivity index (χ2n) is 2.57. The van der Waals surface area contributed by atoms with Crippen LogP contribution in [0.25, 0.3) is 0 Å². The summed E-state index contributed by atoms with van der Waals surface area (Å²) in [4.78, 5) is 12.8. The Morgan fingerprint density at radius 3 is 3.09 bits per heavy atom. The second-order valence-corrected chi connectivity index (χ2v) is 2.57. The molecule has 1 atom stereocenters. The molecule has 0 spiro atoms. The highest BCUT2D eigenvalue weighted by Gasteiger charge is 2.26. The number of likely N-dealkylation sites (tertiary alicyclic amines) is 1. The lowest BCUT2D eigenvalue weighted by atomic mass is 10.4. The second kappa shape index (κ2) is 3.53. The Morgan fingerprint density at radius 1 is 1.82 bits per heavy atom. The van der Waals surface area contributed by atoms with E-state index in [1.807, 2.05) is 0 Å². The van der Waals surface area contributed by atoms with Gasteiger partial charge in [-0.15, -0.1) is 0 Å². The van der Waals surface area contributed by atoms with Crippen molar-refractivity contribution in [2.24, 2.45) is 0 Å². The Bertz CT molecular complexity index is 167. The van der Waals surface area contributed by atoms with Crippen molar-refractivity contribution in [3.8, 4) is 0 Å². The maximum atomic E-state index is 11.1. The Kier molecular flexibility index (Phi) is 2.65. The fraction of sp³-hybridized carbons (Fsp3) is 0.625. The summed E-state index contributed by atoms with van der Waals surface area (Å²) >= 11 is 0. The third-order valence-electron chi connectivity index (χ3n) is 1.93. The Morgan fingerprint density at radius 2 is 2.55 bits per heavy atom. The highest BCUT2D eigenvalue weighted by molar-refractivity contribution is 5.87. The van der Waals surface area contributed by atoms with E-state index in [9.17, 15) is 4.79 Å². The van der Waals surface area contributed by atoms with Crippen molar-refractivity contribution in [2.75, 3.05) is 13.7 Å². The maximum Gasteiger partial charge on any atom is 0.247 e. The molecule has 1 rings (SSSR count). The number of carbonyl (C=O) groups is 1. The van der Waals surface area contributed by atoms with E-state index < -0.39 is 0 Å². The molecule has 0 bridgehead atoms. The maximum absolute atomic E-state index is 11.1. The van der Waals surface area contributed by atoms with Gasteiger partial charge in [-0.05, 0) is 18.9 Å². The first-order valence-corrected chi connectivity index (χ1v) is 3.75.